The van der Waals surface area contributed by atoms with Crippen LogP contribution < -0.4 is 14.2 Å². The van der Waals surface area contributed by atoms with Crippen LogP contribution in [0, 0.1) is 0 Å². The van der Waals surface area contributed by atoms with E-state index in [9.17, 15) is 16.8 Å². The summed E-state index contributed by atoms with van der Waals surface area (Å²) >= 11 is 0. The van der Waals surface area contributed by atoms with Gasteiger partial charge >= 0.3 is 0 Å². The Bertz CT molecular complexity index is 1310. The van der Waals surface area contributed by atoms with Crippen LogP contribution in [0.4, 0.5) is 11.4 Å². The first kappa shape index (κ1) is 24.7. The lowest BCUT2D eigenvalue weighted by atomic mass is 10.2. The fourth-order valence-electron chi connectivity index (χ4n) is 3.25. The number of hydrogen-bond donors (Lipinski definition) is 2. The molecule has 0 aliphatic heterocycles. The van der Waals surface area contributed by atoms with Crippen molar-refractivity contribution >= 4 is 42.3 Å². The van der Waals surface area contributed by atoms with Gasteiger partial charge in [0, 0.05) is 29.9 Å². The number of nitrogens with zero attached hydrogens (tertiary/aromatic N) is 2. The van der Waals surface area contributed by atoms with Crippen LogP contribution in [-0.2, 0) is 26.6 Å². The molecule has 3 aromatic rings. The molecule has 3 rings (SSSR count). The summed E-state index contributed by atoms with van der Waals surface area (Å²) in [6.45, 7) is 2.01. The fraction of sp³-hybridized carbons (Fsp3) is 0.318. The summed E-state index contributed by atoms with van der Waals surface area (Å²) in [6.07, 6.45) is 3.04. The molecular weight excluding hydrogens is 464 g/mol. The molecule has 1 aromatic heterocycles. The number of rotatable bonds is 11. The van der Waals surface area contributed by atoms with E-state index in [2.05, 4.69) is 19.3 Å². The molecule has 0 amide bonds. The Balaban J connectivity index is 1.46. The van der Waals surface area contributed by atoms with Gasteiger partial charge in [-0.15, -0.1) is 0 Å². The summed E-state index contributed by atoms with van der Waals surface area (Å²) in [6, 6.07) is 15.9. The minimum atomic E-state index is -3.32. The Morgan fingerprint density at radius 3 is 2.18 bits per heavy atom. The molecule has 0 atom stereocenters. The summed E-state index contributed by atoms with van der Waals surface area (Å²) in [5.74, 6) is 0.678. The molecule has 178 valence electrons. The number of fused-ring (bicyclic) bond motifs is 1. The second-order valence-electron chi connectivity index (χ2n) is 7.92. The van der Waals surface area contributed by atoms with Gasteiger partial charge in [-0.2, -0.15) is 0 Å². The van der Waals surface area contributed by atoms with Gasteiger partial charge in [0.05, 0.1) is 30.3 Å². The normalized spacial score (nSPS) is 12.1. The van der Waals surface area contributed by atoms with E-state index < -0.39 is 20.0 Å². The molecule has 0 aliphatic carbocycles. The van der Waals surface area contributed by atoms with Crippen molar-refractivity contribution in [1.29, 1.82) is 0 Å². The van der Waals surface area contributed by atoms with Gasteiger partial charge in [0.15, 0.2) is 0 Å². The number of sulfonamides is 2. The number of ether oxygens (including phenoxy) is 1. The monoisotopic (exact) mass is 492 g/mol. The Hall–Kier alpha value is -2.89. The SMILES string of the molecule is CN(CCCOc1ccc(NS(C)(=O)=O)cc1)Cc1ccc2cc(NS(C)(=O)=O)ccc2n1. The van der Waals surface area contributed by atoms with Gasteiger partial charge < -0.3 is 9.64 Å². The quantitative estimate of drug-likeness (QED) is 0.395. The van der Waals surface area contributed by atoms with Gasteiger partial charge in [0.2, 0.25) is 20.0 Å². The lowest BCUT2D eigenvalue weighted by molar-refractivity contribution is 0.257. The van der Waals surface area contributed by atoms with E-state index in [0.717, 1.165) is 42.1 Å². The molecule has 0 fully saturated rings. The topological polar surface area (TPSA) is 118 Å². The minimum Gasteiger partial charge on any atom is -0.494 e. The Morgan fingerprint density at radius 1 is 0.879 bits per heavy atom. The van der Waals surface area contributed by atoms with Crippen molar-refractivity contribution in [3.63, 3.8) is 0 Å². The van der Waals surface area contributed by atoms with Crippen molar-refractivity contribution in [1.82, 2.24) is 9.88 Å². The van der Waals surface area contributed by atoms with E-state index in [1.165, 1.54) is 0 Å². The summed E-state index contributed by atoms with van der Waals surface area (Å²) in [4.78, 5) is 6.81. The van der Waals surface area contributed by atoms with Crippen molar-refractivity contribution in [2.24, 2.45) is 0 Å². The second-order valence-corrected chi connectivity index (χ2v) is 11.4. The van der Waals surface area contributed by atoms with E-state index in [1.807, 2.05) is 19.2 Å². The minimum absolute atomic E-state index is 0.496. The van der Waals surface area contributed by atoms with Crippen LogP contribution in [0.5, 0.6) is 5.75 Å². The fourth-order valence-corrected chi connectivity index (χ4v) is 4.37. The lowest BCUT2D eigenvalue weighted by Gasteiger charge is -2.17. The lowest BCUT2D eigenvalue weighted by Crippen LogP contribution is -2.21. The zero-order valence-electron chi connectivity index (χ0n) is 18.8. The van der Waals surface area contributed by atoms with E-state index in [1.54, 1.807) is 42.5 Å². The number of benzene rings is 2. The van der Waals surface area contributed by atoms with Crippen molar-refractivity contribution in [2.75, 3.05) is 42.2 Å². The molecule has 0 bridgehead atoms. The average molecular weight is 493 g/mol. The van der Waals surface area contributed by atoms with Gasteiger partial charge in [-0.1, -0.05) is 6.07 Å². The molecule has 0 spiro atoms. The predicted molar refractivity (Wildman–Crippen MR) is 132 cm³/mol. The molecule has 2 N–H and O–H groups in total. The molecule has 33 heavy (non-hydrogen) atoms. The number of hydrogen-bond acceptors (Lipinski definition) is 7. The van der Waals surface area contributed by atoms with Crippen molar-refractivity contribution < 1.29 is 21.6 Å². The average Bonchev–Trinajstić information content (AvgIpc) is 2.70. The highest BCUT2D eigenvalue weighted by molar-refractivity contribution is 7.92. The van der Waals surface area contributed by atoms with E-state index in [0.29, 0.717) is 30.3 Å². The summed E-state index contributed by atoms with van der Waals surface area (Å²) < 4.78 is 55.9. The zero-order valence-corrected chi connectivity index (χ0v) is 20.4. The predicted octanol–water partition coefficient (Wildman–Crippen LogP) is 2.88. The standard InChI is InChI=1S/C22H28N4O5S2/c1-26(13-4-14-31-21-10-7-18(8-11-21)24-32(2,27)28)16-20-6-5-17-15-19(25-33(3,29)30)9-12-22(17)23-20/h5-12,15,24-25H,4,13-14,16H2,1-3H3. The maximum atomic E-state index is 11.4. The number of nitrogens with one attached hydrogen (secondary N) is 2. The van der Waals surface area contributed by atoms with Crippen LogP contribution >= 0.6 is 0 Å². The summed E-state index contributed by atoms with van der Waals surface area (Å²) in [5, 5.41) is 0.862. The van der Waals surface area contributed by atoms with Crippen molar-refractivity contribution in [2.45, 2.75) is 13.0 Å². The highest BCUT2D eigenvalue weighted by atomic mass is 32.2. The molecule has 0 radical (unpaired) electrons. The van der Waals surface area contributed by atoms with Crippen LogP contribution in [0.1, 0.15) is 12.1 Å². The molecule has 2 aromatic carbocycles. The molecule has 9 nitrogen and oxygen atoms in total. The third kappa shape index (κ3) is 8.52. The van der Waals surface area contributed by atoms with Gasteiger partial charge in [0.25, 0.3) is 0 Å². The molecule has 0 saturated carbocycles. The van der Waals surface area contributed by atoms with Gasteiger partial charge in [-0.25, -0.2) is 16.8 Å². The van der Waals surface area contributed by atoms with Crippen molar-refractivity contribution in [3.8, 4) is 5.75 Å². The Labute approximate surface area is 194 Å². The molecule has 0 saturated heterocycles. The number of anilines is 2. The summed E-state index contributed by atoms with van der Waals surface area (Å²) in [7, 11) is -4.60. The van der Waals surface area contributed by atoms with Crippen LogP contribution in [0.3, 0.4) is 0 Å². The molecule has 1 heterocycles. The van der Waals surface area contributed by atoms with E-state index >= 15 is 0 Å². The first-order valence-electron chi connectivity index (χ1n) is 10.2. The van der Waals surface area contributed by atoms with Gasteiger partial charge in [-0.3, -0.25) is 14.4 Å². The van der Waals surface area contributed by atoms with E-state index in [4.69, 9.17) is 4.74 Å². The smallest absolute Gasteiger partial charge is 0.229 e. The highest BCUT2D eigenvalue weighted by Crippen LogP contribution is 2.20. The van der Waals surface area contributed by atoms with Crippen LogP contribution in [0.15, 0.2) is 54.6 Å². The van der Waals surface area contributed by atoms with Crippen LogP contribution in [-0.4, -0.2) is 59.4 Å². The maximum Gasteiger partial charge on any atom is 0.229 e. The molecule has 0 aliphatic rings. The third-order valence-electron chi connectivity index (χ3n) is 4.59. The van der Waals surface area contributed by atoms with Crippen LogP contribution in [0.2, 0.25) is 0 Å². The van der Waals surface area contributed by atoms with Gasteiger partial charge in [-0.05, 0) is 62.0 Å². The molecule has 11 heteroatoms. The largest absolute Gasteiger partial charge is 0.494 e. The van der Waals surface area contributed by atoms with Crippen LogP contribution in [0.25, 0.3) is 10.9 Å². The second kappa shape index (κ2) is 10.4. The highest BCUT2D eigenvalue weighted by Gasteiger charge is 2.07. The zero-order chi connectivity index (χ0) is 24.1. The van der Waals surface area contributed by atoms with Gasteiger partial charge in [0.1, 0.15) is 5.75 Å². The van der Waals surface area contributed by atoms with E-state index in [-0.39, 0.29) is 0 Å². The first-order chi connectivity index (χ1) is 15.5. The third-order valence-corrected chi connectivity index (χ3v) is 5.81. The molecule has 0 unspecified atom stereocenters. The Kier molecular flexibility index (Phi) is 7.77. The number of pyridine rings is 1. The number of aromatic nitrogens is 1. The first-order valence-corrected chi connectivity index (χ1v) is 14.0. The summed E-state index contributed by atoms with van der Waals surface area (Å²) in [5.41, 5.74) is 2.73. The maximum absolute atomic E-state index is 11.4. The van der Waals surface area contributed by atoms with Crippen molar-refractivity contribution in [3.05, 3.63) is 60.3 Å². The molecular formula is C22H28N4O5S2. The Morgan fingerprint density at radius 2 is 1.52 bits per heavy atom.